The molecule has 0 atom stereocenters. The van der Waals surface area contributed by atoms with Crippen LogP contribution in [0.15, 0.2) is 12.1 Å². The van der Waals surface area contributed by atoms with Crippen LogP contribution in [0.4, 0.5) is 8.78 Å². The molecule has 2 aromatic rings. The number of halogens is 2. The Morgan fingerprint density at radius 1 is 1.22 bits per heavy atom. The van der Waals surface area contributed by atoms with Crippen LogP contribution >= 0.6 is 11.3 Å². The summed E-state index contributed by atoms with van der Waals surface area (Å²) in [6.45, 7) is 4.83. The van der Waals surface area contributed by atoms with E-state index >= 15 is 0 Å². The maximum atomic E-state index is 14.0. The molecule has 0 bridgehead atoms. The van der Waals surface area contributed by atoms with Crippen LogP contribution in [-0.2, 0) is 13.0 Å². The van der Waals surface area contributed by atoms with Crippen molar-refractivity contribution in [3.63, 3.8) is 0 Å². The molecular weight excluding hydrogens is 252 g/mol. The van der Waals surface area contributed by atoms with Gasteiger partial charge in [0.05, 0.1) is 4.70 Å². The van der Waals surface area contributed by atoms with Crippen molar-refractivity contribution >= 4 is 21.4 Å². The zero-order valence-electron chi connectivity index (χ0n) is 10.8. The van der Waals surface area contributed by atoms with Crippen molar-refractivity contribution in [1.82, 2.24) is 5.32 Å². The topological polar surface area (TPSA) is 12.0 Å². The zero-order chi connectivity index (χ0) is 13.3. The number of fused-ring (bicyclic) bond motifs is 1. The van der Waals surface area contributed by atoms with Gasteiger partial charge in [-0.05, 0) is 37.1 Å². The molecule has 1 aromatic carbocycles. The van der Waals surface area contributed by atoms with Crippen molar-refractivity contribution in [2.45, 2.75) is 26.8 Å². The first-order valence-electron chi connectivity index (χ1n) is 6.07. The molecular formula is C14H17F2NS. The molecule has 1 heterocycles. The Labute approximate surface area is 110 Å². The van der Waals surface area contributed by atoms with Gasteiger partial charge in [0.1, 0.15) is 11.6 Å². The zero-order valence-corrected chi connectivity index (χ0v) is 11.6. The number of benzene rings is 1. The summed E-state index contributed by atoms with van der Waals surface area (Å²) >= 11 is 1.35. The molecule has 4 heteroatoms. The van der Waals surface area contributed by atoms with Gasteiger partial charge in [0, 0.05) is 16.8 Å². The smallest absolute Gasteiger partial charge is 0.141 e. The number of nitrogens with one attached hydrogen (secondary N) is 1. The first-order chi connectivity index (χ1) is 8.54. The van der Waals surface area contributed by atoms with Crippen LogP contribution < -0.4 is 5.32 Å². The van der Waals surface area contributed by atoms with E-state index in [1.165, 1.54) is 23.5 Å². The molecule has 1 N–H and O–H groups in total. The van der Waals surface area contributed by atoms with Crippen LogP contribution in [0.3, 0.4) is 0 Å². The average Bonchev–Trinajstić information content (AvgIpc) is 2.64. The van der Waals surface area contributed by atoms with Crippen LogP contribution in [0, 0.1) is 17.6 Å². The second-order valence-corrected chi connectivity index (χ2v) is 5.97. The predicted molar refractivity (Wildman–Crippen MR) is 73.0 cm³/mol. The van der Waals surface area contributed by atoms with Crippen LogP contribution in [0.2, 0.25) is 0 Å². The van der Waals surface area contributed by atoms with E-state index in [1.54, 1.807) is 0 Å². The molecule has 0 aliphatic rings. The van der Waals surface area contributed by atoms with Crippen molar-refractivity contribution in [3.05, 3.63) is 34.2 Å². The van der Waals surface area contributed by atoms with Crippen LogP contribution in [-0.4, -0.2) is 7.05 Å². The van der Waals surface area contributed by atoms with E-state index in [0.717, 1.165) is 16.9 Å². The van der Waals surface area contributed by atoms with E-state index in [9.17, 15) is 8.78 Å². The van der Waals surface area contributed by atoms with Gasteiger partial charge in [0.15, 0.2) is 0 Å². The minimum Gasteiger partial charge on any atom is -0.315 e. The summed E-state index contributed by atoms with van der Waals surface area (Å²) in [5.41, 5.74) is 0.955. The van der Waals surface area contributed by atoms with E-state index in [2.05, 4.69) is 19.2 Å². The number of hydrogen-bond donors (Lipinski definition) is 1. The number of thiophene rings is 1. The third kappa shape index (κ3) is 2.40. The largest absolute Gasteiger partial charge is 0.315 e. The molecule has 0 radical (unpaired) electrons. The number of hydrogen-bond acceptors (Lipinski definition) is 2. The quantitative estimate of drug-likeness (QED) is 0.881. The Morgan fingerprint density at radius 2 is 1.89 bits per heavy atom. The van der Waals surface area contributed by atoms with Gasteiger partial charge < -0.3 is 5.32 Å². The molecule has 0 saturated heterocycles. The average molecular weight is 269 g/mol. The highest BCUT2D eigenvalue weighted by Gasteiger charge is 2.18. The van der Waals surface area contributed by atoms with Crippen LogP contribution in [0.25, 0.3) is 10.1 Å². The third-order valence-corrected chi connectivity index (χ3v) is 4.11. The standard InChI is InChI=1S/C14H17F2NS/c1-8(2)6-9-12(7-17-3)18-14-11(16)5-4-10(15)13(9)14/h4-5,8,17H,6-7H2,1-3H3. The van der Waals surface area contributed by atoms with Crippen molar-refractivity contribution < 1.29 is 8.78 Å². The molecule has 98 valence electrons. The van der Waals surface area contributed by atoms with Gasteiger partial charge in [-0.1, -0.05) is 13.8 Å². The lowest BCUT2D eigenvalue weighted by Gasteiger charge is -2.07. The fourth-order valence-electron chi connectivity index (χ4n) is 2.17. The highest BCUT2D eigenvalue weighted by molar-refractivity contribution is 7.19. The van der Waals surface area contributed by atoms with Crippen molar-refractivity contribution in [1.29, 1.82) is 0 Å². The Kier molecular flexibility index (Phi) is 3.97. The minimum absolute atomic E-state index is 0.319. The molecule has 0 unspecified atom stereocenters. The SMILES string of the molecule is CNCc1sc2c(F)ccc(F)c2c1CC(C)C. The minimum atomic E-state index is -0.330. The van der Waals surface area contributed by atoms with Crippen molar-refractivity contribution in [2.75, 3.05) is 7.05 Å². The lowest BCUT2D eigenvalue weighted by atomic mass is 9.99. The first kappa shape index (κ1) is 13.4. The third-order valence-electron chi connectivity index (χ3n) is 2.87. The molecule has 1 aromatic heterocycles. The highest BCUT2D eigenvalue weighted by Crippen LogP contribution is 2.36. The Hall–Kier alpha value is -1.00. The summed E-state index contributed by atoms with van der Waals surface area (Å²) in [4.78, 5) is 1.03. The summed E-state index contributed by atoms with van der Waals surface area (Å²) in [5.74, 6) is -0.231. The van der Waals surface area contributed by atoms with E-state index in [0.29, 0.717) is 22.5 Å². The lowest BCUT2D eigenvalue weighted by Crippen LogP contribution is -2.06. The summed E-state index contributed by atoms with van der Waals surface area (Å²) < 4.78 is 28.2. The molecule has 2 rings (SSSR count). The monoisotopic (exact) mass is 269 g/mol. The summed E-state index contributed by atoms with van der Waals surface area (Å²) in [6.07, 6.45) is 0.775. The summed E-state index contributed by atoms with van der Waals surface area (Å²) in [7, 11) is 1.84. The Morgan fingerprint density at radius 3 is 2.50 bits per heavy atom. The van der Waals surface area contributed by atoms with Crippen molar-refractivity contribution in [2.24, 2.45) is 5.92 Å². The van der Waals surface area contributed by atoms with Gasteiger partial charge in [0.2, 0.25) is 0 Å². The fraction of sp³-hybridized carbons (Fsp3) is 0.429. The van der Waals surface area contributed by atoms with E-state index < -0.39 is 0 Å². The molecule has 0 fully saturated rings. The van der Waals surface area contributed by atoms with Gasteiger partial charge in [-0.15, -0.1) is 11.3 Å². The highest BCUT2D eigenvalue weighted by atomic mass is 32.1. The van der Waals surface area contributed by atoms with E-state index in [-0.39, 0.29) is 11.6 Å². The second-order valence-electron chi connectivity index (χ2n) is 4.87. The van der Waals surface area contributed by atoms with Gasteiger partial charge >= 0.3 is 0 Å². The molecule has 0 aliphatic heterocycles. The Bertz CT molecular complexity index is 560. The summed E-state index contributed by atoms with van der Waals surface area (Å²) in [5, 5.41) is 3.53. The first-order valence-corrected chi connectivity index (χ1v) is 6.89. The van der Waals surface area contributed by atoms with Crippen LogP contribution in [0.1, 0.15) is 24.3 Å². The molecule has 0 amide bonds. The maximum Gasteiger partial charge on any atom is 0.141 e. The van der Waals surface area contributed by atoms with Gasteiger partial charge in [0.25, 0.3) is 0 Å². The molecule has 0 saturated carbocycles. The predicted octanol–water partition coefficient (Wildman–Crippen LogP) is 4.10. The molecule has 0 spiro atoms. The maximum absolute atomic E-state index is 14.0. The van der Waals surface area contributed by atoms with Gasteiger partial charge in [-0.25, -0.2) is 8.78 Å². The second kappa shape index (κ2) is 5.33. The van der Waals surface area contributed by atoms with Crippen molar-refractivity contribution in [3.8, 4) is 0 Å². The summed E-state index contributed by atoms with van der Waals surface area (Å²) in [6, 6.07) is 2.42. The normalized spacial score (nSPS) is 11.7. The van der Waals surface area contributed by atoms with Gasteiger partial charge in [-0.3, -0.25) is 0 Å². The molecule has 1 nitrogen and oxygen atoms in total. The number of rotatable bonds is 4. The lowest BCUT2D eigenvalue weighted by molar-refractivity contribution is 0.613. The fourth-order valence-corrected chi connectivity index (χ4v) is 3.43. The van der Waals surface area contributed by atoms with E-state index in [4.69, 9.17) is 0 Å². The Balaban J connectivity index is 2.68. The molecule has 0 aliphatic carbocycles. The molecule has 18 heavy (non-hydrogen) atoms. The van der Waals surface area contributed by atoms with E-state index in [1.807, 2.05) is 7.05 Å². The van der Waals surface area contributed by atoms with Gasteiger partial charge in [-0.2, -0.15) is 0 Å². The van der Waals surface area contributed by atoms with Crippen LogP contribution in [0.5, 0.6) is 0 Å².